The van der Waals surface area contributed by atoms with E-state index in [1.165, 1.54) is 10.9 Å². The molecule has 0 unspecified atom stereocenters. The van der Waals surface area contributed by atoms with E-state index in [1.807, 2.05) is 19.1 Å². The van der Waals surface area contributed by atoms with Gasteiger partial charge in [-0.25, -0.2) is 4.68 Å². The standard InChI is InChI=1S/C12H12F3N3/c1-8-2-3-10(9(6-8)7-16)18-5-4-11(17-18)12(13,14)15/h2-6H,7,16H2,1H3. The van der Waals surface area contributed by atoms with E-state index < -0.39 is 11.9 Å². The Balaban J connectivity index is 2.46. The molecule has 0 bridgehead atoms. The van der Waals surface area contributed by atoms with Crippen LogP contribution < -0.4 is 5.73 Å². The van der Waals surface area contributed by atoms with Gasteiger partial charge < -0.3 is 5.73 Å². The Bertz CT molecular complexity index is 558. The van der Waals surface area contributed by atoms with Crippen LogP contribution in [0.2, 0.25) is 0 Å². The fraction of sp³-hybridized carbons (Fsp3) is 0.250. The molecule has 0 spiro atoms. The van der Waals surface area contributed by atoms with Crippen molar-refractivity contribution in [2.24, 2.45) is 5.73 Å². The van der Waals surface area contributed by atoms with Crippen LogP contribution in [-0.2, 0) is 12.7 Å². The van der Waals surface area contributed by atoms with Crippen LogP contribution in [0.15, 0.2) is 30.5 Å². The molecular formula is C12H12F3N3. The Kier molecular flexibility index (Phi) is 3.13. The van der Waals surface area contributed by atoms with Crippen LogP contribution in [0.25, 0.3) is 5.69 Å². The summed E-state index contributed by atoms with van der Waals surface area (Å²) in [7, 11) is 0. The molecular weight excluding hydrogens is 243 g/mol. The third-order valence-electron chi connectivity index (χ3n) is 2.58. The van der Waals surface area contributed by atoms with E-state index in [0.717, 1.165) is 17.2 Å². The molecule has 96 valence electrons. The van der Waals surface area contributed by atoms with Crippen LogP contribution in [0.1, 0.15) is 16.8 Å². The molecule has 2 aromatic rings. The number of halogens is 3. The van der Waals surface area contributed by atoms with E-state index in [4.69, 9.17) is 5.73 Å². The molecule has 0 saturated carbocycles. The maximum absolute atomic E-state index is 12.5. The van der Waals surface area contributed by atoms with E-state index >= 15 is 0 Å². The zero-order chi connectivity index (χ0) is 13.3. The van der Waals surface area contributed by atoms with Crippen molar-refractivity contribution in [1.82, 2.24) is 9.78 Å². The zero-order valence-electron chi connectivity index (χ0n) is 9.70. The summed E-state index contributed by atoms with van der Waals surface area (Å²) in [5.74, 6) is 0. The minimum atomic E-state index is -4.43. The summed E-state index contributed by atoms with van der Waals surface area (Å²) in [6, 6.07) is 6.30. The predicted molar refractivity (Wildman–Crippen MR) is 61.2 cm³/mol. The first-order chi connectivity index (χ1) is 8.41. The number of nitrogens with zero attached hydrogens (tertiary/aromatic N) is 2. The van der Waals surface area contributed by atoms with Gasteiger partial charge in [-0.1, -0.05) is 17.7 Å². The topological polar surface area (TPSA) is 43.8 Å². The molecule has 6 heteroatoms. The first-order valence-electron chi connectivity index (χ1n) is 5.34. The van der Waals surface area contributed by atoms with Crippen molar-refractivity contribution < 1.29 is 13.2 Å². The molecule has 18 heavy (non-hydrogen) atoms. The van der Waals surface area contributed by atoms with Gasteiger partial charge in [0.25, 0.3) is 0 Å². The van der Waals surface area contributed by atoms with Crippen LogP contribution in [0, 0.1) is 6.92 Å². The number of hydrogen-bond donors (Lipinski definition) is 1. The lowest BCUT2D eigenvalue weighted by Gasteiger charge is -2.09. The average Bonchev–Trinajstić information content (AvgIpc) is 2.77. The molecule has 2 rings (SSSR count). The number of rotatable bonds is 2. The summed E-state index contributed by atoms with van der Waals surface area (Å²) in [6.45, 7) is 2.14. The molecule has 1 aromatic heterocycles. The molecule has 3 nitrogen and oxygen atoms in total. The monoisotopic (exact) mass is 255 g/mol. The first-order valence-corrected chi connectivity index (χ1v) is 5.34. The van der Waals surface area contributed by atoms with E-state index in [0.29, 0.717) is 5.69 Å². The Hall–Kier alpha value is -1.82. The third-order valence-corrected chi connectivity index (χ3v) is 2.58. The van der Waals surface area contributed by atoms with E-state index in [2.05, 4.69) is 5.10 Å². The first kappa shape index (κ1) is 12.6. The Morgan fingerprint density at radius 3 is 2.56 bits per heavy atom. The van der Waals surface area contributed by atoms with Gasteiger partial charge in [0.2, 0.25) is 0 Å². The highest BCUT2D eigenvalue weighted by atomic mass is 19.4. The van der Waals surface area contributed by atoms with Crippen LogP contribution >= 0.6 is 0 Å². The van der Waals surface area contributed by atoms with Crippen LogP contribution in [0.5, 0.6) is 0 Å². The smallest absolute Gasteiger partial charge is 0.326 e. The quantitative estimate of drug-likeness (QED) is 0.896. The average molecular weight is 255 g/mol. The minimum absolute atomic E-state index is 0.248. The lowest BCUT2D eigenvalue weighted by atomic mass is 10.1. The summed E-state index contributed by atoms with van der Waals surface area (Å²) < 4.78 is 38.6. The lowest BCUT2D eigenvalue weighted by molar-refractivity contribution is -0.141. The number of benzene rings is 1. The highest BCUT2D eigenvalue weighted by Crippen LogP contribution is 2.28. The van der Waals surface area contributed by atoms with Gasteiger partial charge in [-0.05, 0) is 24.6 Å². The summed E-state index contributed by atoms with van der Waals surface area (Å²) >= 11 is 0. The number of nitrogens with two attached hydrogens (primary N) is 1. The van der Waals surface area contributed by atoms with E-state index in [-0.39, 0.29) is 6.54 Å². The maximum Gasteiger partial charge on any atom is 0.435 e. The molecule has 1 heterocycles. The largest absolute Gasteiger partial charge is 0.435 e. The lowest BCUT2D eigenvalue weighted by Crippen LogP contribution is -2.09. The van der Waals surface area contributed by atoms with Gasteiger partial charge in [0.05, 0.1) is 5.69 Å². The Morgan fingerprint density at radius 2 is 2.00 bits per heavy atom. The molecule has 0 atom stereocenters. The van der Waals surface area contributed by atoms with Gasteiger partial charge >= 0.3 is 6.18 Å². The normalized spacial score (nSPS) is 11.8. The summed E-state index contributed by atoms with van der Waals surface area (Å²) in [4.78, 5) is 0. The summed E-state index contributed by atoms with van der Waals surface area (Å²) in [6.07, 6.45) is -3.15. The molecule has 0 aliphatic heterocycles. The van der Waals surface area contributed by atoms with Crippen molar-refractivity contribution in [2.45, 2.75) is 19.6 Å². The zero-order valence-corrected chi connectivity index (χ0v) is 9.70. The van der Waals surface area contributed by atoms with Gasteiger partial charge in [0.15, 0.2) is 5.69 Å². The summed E-state index contributed by atoms with van der Waals surface area (Å²) in [5.41, 5.74) is 7.00. The van der Waals surface area contributed by atoms with Crippen LogP contribution in [0.4, 0.5) is 13.2 Å². The van der Waals surface area contributed by atoms with Crippen molar-refractivity contribution >= 4 is 0 Å². The maximum atomic E-state index is 12.5. The fourth-order valence-corrected chi connectivity index (χ4v) is 1.71. The minimum Gasteiger partial charge on any atom is -0.326 e. The molecule has 0 fully saturated rings. The predicted octanol–water partition coefficient (Wildman–Crippen LogP) is 2.66. The van der Waals surface area contributed by atoms with Gasteiger partial charge in [-0.2, -0.15) is 18.3 Å². The van der Waals surface area contributed by atoms with Crippen molar-refractivity contribution in [3.8, 4) is 5.69 Å². The molecule has 0 saturated heterocycles. The Morgan fingerprint density at radius 1 is 1.28 bits per heavy atom. The van der Waals surface area contributed by atoms with Crippen molar-refractivity contribution in [3.05, 3.63) is 47.3 Å². The van der Waals surface area contributed by atoms with Gasteiger partial charge in [-0.15, -0.1) is 0 Å². The second-order valence-corrected chi connectivity index (χ2v) is 3.98. The second kappa shape index (κ2) is 4.45. The van der Waals surface area contributed by atoms with Crippen molar-refractivity contribution in [2.75, 3.05) is 0 Å². The van der Waals surface area contributed by atoms with Gasteiger partial charge in [-0.3, -0.25) is 0 Å². The molecule has 2 N–H and O–H groups in total. The van der Waals surface area contributed by atoms with Crippen LogP contribution in [0.3, 0.4) is 0 Å². The fourth-order valence-electron chi connectivity index (χ4n) is 1.71. The third kappa shape index (κ3) is 2.38. The highest BCUT2D eigenvalue weighted by Gasteiger charge is 2.33. The van der Waals surface area contributed by atoms with Gasteiger partial charge in [0.1, 0.15) is 0 Å². The molecule has 0 aliphatic rings. The molecule has 0 aliphatic carbocycles. The molecule has 0 amide bonds. The number of aryl methyl sites for hydroxylation is 1. The Labute approximate surface area is 102 Å². The van der Waals surface area contributed by atoms with Gasteiger partial charge in [0, 0.05) is 12.7 Å². The van der Waals surface area contributed by atoms with Crippen molar-refractivity contribution in [3.63, 3.8) is 0 Å². The van der Waals surface area contributed by atoms with E-state index in [1.54, 1.807) is 6.07 Å². The number of hydrogen-bond acceptors (Lipinski definition) is 2. The van der Waals surface area contributed by atoms with E-state index in [9.17, 15) is 13.2 Å². The molecule has 1 aromatic carbocycles. The summed E-state index contributed by atoms with van der Waals surface area (Å²) in [5, 5.41) is 3.53. The highest BCUT2D eigenvalue weighted by molar-refractivity contribution is 5.43. The van der Waals surface area contributed by atoms with Crippen molar-refractivity contribution in [1.29, 1.82) is 0 Å². The number of aromatic nitrogens is 2. The SMILES string of the molecule is Cc1ccc(-n2ccc(C(F)(F)F)n2)c(CN)c1. The molecule has 0 radical (unpaired) electrons. The van der Waals surface area contributed by atoms with Crippen LogP contribution in [-0.4, -0.2) is 9.78 Å². The number of alkyl halides is 3. The second-order valence-electron chi connectivity index (χ2n) is 3.98.